The fourth-order valence-electron chi connectivity index (χ4n) is 2.07. The highest BCUT2D eigenvalue weighted by Gasteiger charge is 2.23. The molecule has 0 aliphatic rings. The van der Waals surface area contributed by atoms with Crippen molar-refractivity contribution in [3.8, 4) is 6.07 Å². The van der Waals surface area contributed by atoms with E-state index >= 15 is 0 Å². The molecule has 2 N–H and O–H groups in total. The number of sulfonamides is 1. The number of benzene rings is 1. The fraction of sp³-hybridized carbons (Fsp3) is 0.286. The Kier molecular flexibility index (Phi) is 4.40. The Labute approximate surface area is 123 Å². The smallest absolute Gasteiger partial charge is 0.241 e. The van der Waals surface area contributed by atoms with E-state index in [4.69, 9.17) is 5.26 Å². The van der Waals surface area contributed by atoms with Gasteiger partial charge < -0.3 is 4.98 Å². The molecule has 21 heavy (non-hydrogen) atoms. The van der Waals surface area contributed by atoms with E-state index in [1.165, 1.54) is 12.1 Å². The van der Waals surface area contributed by atoms with Crippen LogP contribution >= 0.6 is 0 Å². The van der Waals surface area contributed by atoms with E-state index in [-0.39, 0.29) is 4.90 Å². The van der Waals surface area contributed by atoms with Crippen LogP contribution in [0, 0.1) is 18.3 Å². The first-order valence-corrected chi connectivity index (χ1v) is 7.98. The van der Waals surface area contributed by atoms with Gasteiger partial charge in [-0.05, 0) is 37.1 Å². The first kappa shape index (κ1) is 15.2. The molecule has 2 rings (SSSR count). The summed E-state index contributed by atoms with van der Waals surface area (Å²) >= 11 is 0. The van der Waals surface area contributed by atoms with Gasteiger partial charge in [0.2, 0.25) is 10.0 Å². The number of aryl methyl sites for hydroxylation is 1. The summed E-state index contributed by atoms with van der Waals surface area (Å²) in [5.74, 6) is 0.576. The predicted molar refractivity (Wildman–Crippen MR) is 77.8 cm³/mol. The second-order valence-electron chi connectivity index (χ2n) is 4.65. The van der Waals surface area contributed by atoms with Crippen LogP contribution in [-0.4, -0.2) is 18.4 Å². The summed E-state index contributed by atoms with van der Waals surface area (Å²) < 4.78 is 27.6. The van der Waals surface area contributed by atoms with Gasteiger partial charge in [0.15, 0.2) is 0 Å². The minimum absolute atomic E-state index is 0.173. The van der Waals surface area contributed by atoms with Crippen molar-refractivity contribution in [2.45, 2.75) is 31.2 Å². The minimum Gasteiger partial charge on any atom is -0.347 e. The third-order valence-corrected chi connectivity index (χ3v) is 4.78. The highest BCUT2D eigenvalue weighted by Crippen LogP contribution is 2.20. The van der Waals surface area contributed by atoms with Crippen LogP contribution in [0.25, 0.3) is 0 Å². The number of nitrogens with one attached hydrogen (secondary N) is 2. The SMILES string of the molecule is CCC(NS(=O)(=O)c1ccc(C#N)cc1C)c1ncc[nH]1. The van der Waals surface area contributed by atoms with Crippen molar-refractivity contribution >= 4 is 10.0 Å². The Hall–Kier alpha value is -2.17. The van der Waals surface area contributed by atoms with Crippen LogP contribution in [-0.2, 0) is 10.0 Å². The number of H-pyrrole nitrogens is 1. The highest BCUT2D eigenvalue weighted by molar-refractivity contribution is 7.89. The van der Waals surface area contributed by atoms with Gasteiger partial charge in [0, 0.05) is 12.4 Å². The molecule has 1 aromatic heterocycles. The minimum atomic E-state index is -3.67. The lowest BCUT2D eigenvalue weighted by atomic mass is 10.2. The van der Waals surface area contributed by atoms with Crippen LogP contribution < -0.4 is 4.72 Å². The van der Waals surface area contributed by atoms with Crippen LogP contribution in [0.5, 0.6) is 0 Å². The van der Waals surface area contributed by atoms with E-state index in [0.717, 1.165) is 0 Å². The zero-order valence-electron chi connectivity index (χ0n) is 11.8. The van der Waals surface area contributed by atoms with Crippen molar-refractivity contribution in [3.63, 3.8) is 0 Å². The molecule has 0 amide bonds. The van der Waals surface area contributed by atoms with Crippen molar-refractivity contribution in [2.24, 2.45) is 0 Å². The van der Waals surface area contributed by atoms with Gasteiger partial charge in [-0.3, -0.25) is 0 Å². The maximum Gasteiger partial charge on any atom is 0.241 e. The second kappa shape index (κ2) is 6.08. The number of aromatic amines is 1. The van der Waals surface area contributed by atoms with E-state index in [1.807, 2.05) is 13.0 Å². The topological polar surface area (TPSA) is 98.6 Å². The maximum atomic E-state index is 12.5. The molecule has 7 heteroatoms. The molecule has 0 saturated heterocycles. The van der Waals surface area contributed by atoms with E-state index in [1.54, 1.807) is 25.4 Å². The van der Waals surface area contributed by atoms with Gasteiger partial charge in [-0.1, -0.05) is 6.92 Å². The van der Waals surface area contributed by atoms with Crippen molar-refractivity contribution in [1.82, 2.24) is 14.7 Å². The van der Waals surface area contributed by atoms with Gasteiger partial charge in [-0.15, -0.1) is 0 Å². The first-order chi connectivity index (χ1) is 9.97. The normalized spacial score (nSPS) is 12.8. The molecular formula is C14H16N4O2S. The Bertz CT molecular complexity index is 761. The van der Waals surface area contributed by atoms with Gasteiger partial charge in [0.1, 0.15) is 5.82 Å². The van der Waals surface area contributed by atoms with Gasteiger partial charge >= 0.3 is 0 Å². The van der Waals surface area contributed by atoms with Crippen LogP contribution in [0.1, 0.15) is 36.3 Å². The number of imidazole rings is 1. The van der Waals surface area contributed by atoms with E-state index in [0.29, 0.717) is 23.4 Å². The number of hydrogen-bond acceptors (Lipinski definition) is 4. The average Bonchev–Trinajstić information content (AvgIpc) is 2.98. The van der Waals surface area contributed by atoms with Gasteiger partial charge in [0.25, 0.3) is 0 Å². The van der Waals surface area contributed by atoms with Crippen LogP contribution in [0.2, 0.25) is 0 Å². The molecule has 1 atom stereocenters. The number of nitriles is 1. The summed E-state index contributed by atoms with van der Waals surface area (Å²) in [6, 6.07) is 6.08. The van der Waals surface area contributed by atoms with Crippen molar-refractivity contribution < 1.29 is 8.42 Å². The van der Waals surface area contributed by atoms with Crippen LogP contribution in [0.15, 0.2) is 35.5 Å². The summed E-state index contributed by atoms with van der Waals surface area (Å²) in [6.45, 7) is 3.55. The number of hydrogen-bond donors (Lipinski definition) is 2. The van der Waals surface area contributed by atoms with Gasteiger partial charge in [-0.2, -0.15) is 5.26 Å². The van der Waals surface area contributed by atoms with Crippen molar-refractivity contribution in [2.75, 3.05) is 0 Å². The molecule has 0 aliphatic heterocycles. The molecule has 0 radical (unpaired) electrons. The largest absolute Gasteiger partial charge is 0.347 e. The molecule has 1 aromatic carbocycles. The second-order valence-corrected chi connectivity index (χ2v) is 6.33. The molecule has 6 nitrogen and oxygen atoms in total. The van der Waals surface area contributed by atoms with E-state index < -0.39 is 16.1 Å². The first-order valence-electron chi connectivity index (χ1n) is 6.50. The number of nitrogens with zero attached hydrogens (tertiary/aromatic N) is 2. The molecule has 0 spiro atoms. The maximum absolute atomic E-state index is 12.5. The molecule has 0 saturated carbocycles. The Morgan fingerprint density at radius 2 is 2.24 bits per heavy atom. The lowest BCUT2D eigenvalue weighted by Crippen LogP contribution is -2.29. The summed E-state index contributed by atoms with van der Waals surface area (Å²) in [6.07, 6.45) is 3.81. The third kappa shape index (κ3) is 3.29. The molecule has 0 aliphatic carbocycles. The predicted octanol–water partition coefficient (Wildman–Crippen LogP) is 2.02. The Balaban J connectivity index is 2.32. The monoisotopic (exact) mass is 304 g/mol. The number of aromatic nitrogens is 2. The molecule has 0 fully saturated rings. The molecule has 1 heterocycles. The summed E-state index contributed by atoms with van der Waals surface area (Å²) in [4.78, 5) is 7.18. The summed E-state index contributed by atoms with van der Waals surface area (Å²) in [7, 11) is -3.67. The summed E-state index contributed by atoms with van der Waals surface area (Å²) in [5.41, 5.74) is 0.973. The van der Waals surface area contributed by atoms with Gasteiger partial charge in [-0.25, -0.2) is 18.1 Å². The zero-order valence-corrected chi connectivity index (χ0v) is 12.6. The van der Waals surface area contributed by atoms with Crippen LogP contribution in [0.3, 0.4) is 0 Å². The lowest BCUT2D eigenvalue weighted by Gasteiger charge is -2.16. The number of rotatable bonds is 5. The van der Waals surface area contributed by atoms with Crippen molar-refractivity contribution in [1.29, 1.82) is 5.26 Å². The van der Waals surface area contributed by atoms with Crippen molar-refractivity contribution in [3.05, 3.63) is 47.5 Å². The molecule has 2 aromatic rings. The average molecular weight is 304 g/mol. The highest BCUT2D eigenvalue weighted by atomic mass is 32.2. The Morgan fingerprint density at radius 3 is 2.76 bits per heavy atom. The zero-order chi connectivity index (χ0) is 15.5. The molecule has 1 unspecified atom stereocenters. The van der Waals surface area contributed by atoms with E-state index in [2.05, 4.69) is 14.7 Å². The Morgan fingerprint density at radius 1 is 1.48 bits per heavy atom. The molecular weight excluding hydrogens is 288 g/mol. The fourth-order valence-corrected chi connectivity index (χ4v) is 3.58. The van der Waals surface area contributed by atoms with Crippen LogP contribution in [0.4, 0.5) is 0 Å². The molecule has 110 valence electrons. The third-order valence-electron chi connectivity index (χ3n) is 3.15. The van der Waals surface area contributed by atoms with E-state index in [9.17, 15) is 8.42 Å². The standard InChI is InChI=1S/C14H16N4O2S/c1-3-12(14-16-6-7-17-14)18-21(19,20)13-5-4-11(9-15)8-10(13)2/h4-8,12,18H,3H2,1-2H3,(H,16,17). The quantitative estimate of drug-likeness (QED) is 0.882. The lowest BCUT2D eigenvalue weighted by molar-refractivity contribution is 0.539. The molecule has 0 bridgehead atoms. The van der Waals surface area contributed by atoms with Gasteiger partial charge in [0.05, 0.1) is 22.6 Å². The summed E-state index contributed by atoms with van der Waals surface area (Å²) in [5, 5.41) is 8.84.